The number of hydrogen-bond donors (Lipinski definition) is 0. The molecule has 0 unspecified atom stereocenters. The Hall–Kier alpha value is -3.03. The Morgan fingerprint density at radius 1 is 0.959 bits per heavy atom. The van der Waals surface area contributed by atoms with Crippen molar-refractivity contribution < 1.29 is 18.7 Å². The molecule has 9 heteroatoms. The molecule has 264 valence electrons. The summed E-state index contributed by atoms with van der Waals surface area (Å²) in [6.45, 7) is 12.6. The van der Waals surface area contributed by atoms with Crippen molar-refractivity contribution in [1.82, 2.24) is 14.7 Å². The molecule has 4 heterocycles. The number of carbonyl (C=O) groups excluding carboxylic acids is 1. The predicted octanol–water partition coefficient (Wildman–Crippen LogP) is 5.30. The molecule has 8 nitrogen and oxygen atoms in total. The largest absolute Gasteiger partial charge is 0.469 e. The number of nitriles is 1. The first-order valence-electron chi connectivity index (χ1n) is 18.8. The lowest BCUT2D eigenvalue weighted by atomic mass is 9.56. The van der Waals surface area contributed by atoms with E-state index in [4.69, 9.17) is 9.47 Å². The van der Waals surface area contributed by atoms with E-state index in [2.05, 4.69) is 43.9 Å². The quantitative estimate of drug-likeness (QED) is 0.282. The number of piperidine rings is 1. The van der Waals surface area contributed by atoms with Gasteiger partial charge in [-0.05, 0) is 117 Å². The molecule has 0 aromatic heterocycles. The van der Waals surface area contributed by atoms with Gasteiger partial charge >= 0.3 is 5.97 Å². The highest BCUT2D eigenvalue weighted by Crippen LogP contribution is 2.54. The average Bonchev–Trinajstić information content (AvgIpc) is 3.55. The lowest BCUT2D eigenvalue weighted by Crippen LogP contribution is -2.58. The maximum absolute atomic E-state index is 15.0. The van der Waals surface area contributed by atoms with Crippen molar-refractivity contribution in [2.75, 3.05) is 90.7 Å². The fourth-order valence-electron chi connectivity index (χ4n) is 9.94. The molecule has 4 aliphatic heterocycles. The van der Waals surface area contributed by atoms with Crippen molar-refractivity contribution in [2.24, 2.45) is 23.7 Å². The highest BCUT2D eigenvalue weighted by molar-refractivity contribution is 5.69. The molecule has 2 aromatic rings. The fraction of sp³-hybridized carbons (Fsp3) is 0.650. The van der Waals surface area contributed by atoms with Gasteiger partial charge in [0, 0.05) is 69.3 Å². The molecule has 0 amide bonds. The highest BCUT2D eigenvalue weighted by Gasteiger charge is 2.53. The zero-order valence-electron chi connectivity index (χ0n) is 29.3. The van der Waals surface area contributed by atoms with Crippen molar-refractivity contribution in [2.45, 2.75) is 56.9 Å². The third-order valence-corrected chi connectivity index (χ3v) is 12.6. The van der Waals surface area contributed by atoms with Gasteiger partial charge in [0.05, 0.1) is 32.0 Å². The van der Waals surface area contributed by atoms with Gasteiger partial charge in [0.1, 0.15) is 5.82 Å². The molecule has 1 saturated carbocycles. The van der Waals surface area contributed by atoms with Crippen LogP contribution in [0.1, 0.15) is 61.6 Å². The van der Waals surface area contributed by atoms with Crippen LogP contribution in [0.3, 0.4) is 0 Å². The van der Waals surface area contributed by atoms with Gasteiger partial charge in [-0.2, -0.15) is 5.26 Å². The van der Waals surface area contributed by atoms with Crippen LogP contribution >= 0.6 is 0 Å². The molecule has 0 N–H and O–H groups in total. The first kappa shape index (κ1) is 34.4. The van der Waals surface area contributed by atoms with Crippen molar-refractivity contribution >= 4 is 11.7 Å². The summed E-state index contributed by atoms with van der Waals surface area (Å²) in [5.74, 6) is 1.40. The molecule has 1 aliphatic carbocycles. The number of morpholine rings is 1. The maximum atomic E-state index is 15.0. The molecule has 0 bridgehead atoms. The van der Waals surface area contributed by atoms with E-state index in [-0.39, 0.29) is 23.1 Å². The van der Waals surface area contributed by atoms with Crippen LogP contribution in [0.25, 0.3) is 0 Å². The minimum atomic E-state index is -0.175. The fourth-order valence-corrected chi connectivity index (χ4v) is 9.94. The van der Waals surface area contributed by atoms with Crippen molar-refractivity contribution in [3.63, 3.8) is 0 Å². The molecular weight excluding hydrogens is 617 g/mol. The summed E-state index contributed by atoms with van der Waals surface area (Å²) in [5, 5.41) is 9.75. The third-order valence-electron chi connectivity index (χ3n) is 12.6. The first-order chi connectivity index (χ1) is 23.9. The van der Waals surface area contributed by atoms with Gasteiger partial charge in [0.25, 0.3) is 0 Å². The number of ether oxygens (including phenoxy) is 2. The van der Waals surface area contributed by atoms with Crippen LogP contribution in [0.2, 0.25) is 0 Å². The number of likely N-dealkylation sites (tertiary alicyclic amines) is 2. The second-order valence-corrected chi connectivity index (χ2v) is 15.4. The van der Waals surface area contributed by atoms with Crippen molar-refractivity contribution in [3.05, 3.63) is 65.0 Å². The molecule has 0 spiro atoms. The minimum absolute atomic E-state index is 0.118. The predicted molar refractivity (Wildman–Crippen MR) is 189 cm³/mol. The minimum Gasteiger partial charge on any atom is -0.469 e. The van der Waals surface area contributed by atoms with E-state index in [0.717, 1.165) is 134 Å². The van der Waals surface area contributed by atoms with Crippen LogP contribution in [-0.2, 0) is 26.2 Å². The van der Waals surface area contributed by atoms with Crippen molar-refractivity contribution in [1.29, 1.82) is 5.26 Å². The Kier molecular flexibility index (Phi) is 10.9. The summed E-state index contributed by atoms with van der Waals surface area (Å²) >= 11 is 0. The van der Waals surface area contributed by atoms with E-state index in [1.807, 2.05) is 18.2 Å². The van der Waals surface area contributed by atoms with Gasteiger partial charge in [0.2, 0.25) is 0 Å². The van der Waals surface area contributed by atoms with Gasteiger partial charge < -0.3 is 24.2 Å². The van der Waals surface area contributed by atoms with Gasteiger partial charge in [-0.15, -0.1) is 0 Å². The number of methoxy groups -OCH3 is 1. The Balaban J connectivity index is 1.02. The zero-order chi connectivity index (χ0) is 33.8. The average molecular weight is 672 g/mol. The highest BCUT2D eigenvalue weighted by atomic mass is 19.1. The summed E-state index contributed by atoms with van der Waals surface area (Å²) in [4.78, 5) is 22.7. The van der Waals surface area contributed by atoms with Crippen LogP contribution in [0.15, 0.2) is 42.5 Å². The van der Waals surface area contributed by atoms with Crippen LogP contribution in [-0.4, -0.2) is 106 Å². The van der Waals surface area contributed by atoms with E-state index < -0.39 is 0 Å². The lowest BCUT2D eigenvalue weighted by Gasteiger charge is -2.54. The second-order valence-electron chi connectivity index (χ2n) is 15.4. The number of halogens is 1. The van der Waals surface area contributed by atoms with Crippen LogP contribution in [0, 0.1) is 40.8 Å². The van der Waals surface area contributed by atoms with Gasteiger partial charge in [-0.3, -0.25) is 9.69 Å². The molecule has 2 aromatic carbocycles. The maximum Gasteiger partial charge on any atom is 0.305 e. The zero-order valence-corrected chi connectivity index (χ0v) is 29.3. The Morgan fingerprint density at radius 3 is 2.45 bits per heavy atom. The van der Waals surface area contributed by atoms with Crippen LogP contribution in [0.4, 0.5) is 10.1 Å². The monoisotopic (exact) mass is 671 g/mol. The van der Waals surface area contributed by atoms with Gasteiger partial charge in [0.15, 0.2) is 0 Å². The number of esters is 1. The first-order valence-corrected chi connectivity index (χ1v) is 18.8. The summed E-state index contributed by atoms with van der Waals surface area (Å²) in [6.07, 6.45) is 7.14. The summed E-state index contributed by atoms with van der Waals surface area (Å²) < 4.78 is 25.7. The third kappa shape index (κ3) is 7.54. The number of rotatable bonds is 12. The summed E-state index contributed by atoms with van der Waals surface area (Å²) in [6, 6.07) is 16.2. The normalized spacial score (nSPS) is 25.7. The molecule has 4 saturated heterocycles. The number of carbonyl (C=O) groups is 1. The number of nitrogens with zero attached hydrogens (tertiary/aromatic N) is 5. The smallest absolute Gasteiger partial charge is 0.305 e. The Bertz CT molecular complexity index is 1470. The van der Waals surface area contributed by atoms with E-state index in [1.165, 1.54) is 19.2 Å². The van der Waals surface area contributed by atoms with E-state index in [1.54, 1.807) is 6.07 Å². The number of anilines is 1. The van der Waals surface area contributed by atoms with E-state index >= 15 is 0 Å². The van der Waals surface area contributed by atoms with Crippen LogP contribution < -0.4 is 4.90 Å². The lowest BCUT2D eigenvalue weighted by molar-refractivity contribution is -0.142. The molecular formula is C40H54FN5O3. The molecule has 49 heavy (non-hydrogen) atoms. The Morgan fingerprint density at radius 2 is 1.76 bits per heavy atom. The summed E-state index contributed by atoms with van der Waals surface area (Å²) in [5.41, 5.74) is 4.08. The summed E-state index contributed by atoms with van der Waals surface area (Å²) in [7, 11) is 1.50. The van der Waals surface area contributed by atoms with Gasteiger partial charge in [-0.25, -0.2) is 4.39 Å². The van der Waals surface area contributed by atoms with Crippen molar-refractivity contribution in [3.8, 4) is 6.07 Å². The molecule has 7 rings (SSSR count). The topological polar surface area (TPSA) is 72.3 Å². The second kappa shape index (κ2) is 15.5. The molecule has 5 aliphatic rings. The van der Waals surface area contributed by atoms with E-state index in [0.29, 0.717) is 24.2 Å². The van der Waals surface area contributed by atoms with Crippen LogP contribution in [0.5, 0.6) is 0 Å². The Labute approximate surface area is 292 Å². The molecule has 0 radical (unpaired) electrons. The SMILES string of the molecule is COC(=O)C[C@H]1CCC[C@@H]1[C@](CN1CCC1)(c1cccc(F)c1)C1CCN(CC2CN(c3ccc(C#N)c(CN4CCOCC4)c3)C2)CC1. The standard InChI is InChI=1S/C40H54FN5O3/c1-48-39(47)22-31-5-2-8-38(31)40(29-45-13-4-14-45,35-6-3-7-36(41)23-35)34-11-15-43(16-12-34)25-30-26-46(27-30)37-10-9-32(24-42)33(21-37)28-44-17-19-49-20-18-44/h3,6-7,9-10,21,23,30-31,34,38H,2,4-5,8,11-20,22,25-29H2,1H3/t31-,38+,40+/m1/s1. The van der Waals surface area contributed by atoms with Gasteiger partial charge in [-0.1, -0.05) is 18.6 Å². The van der Waals surface area contributed by atoms with E-state index in [9.17, 15) is 14.4 Å². The number of hydrogen-bond acceptors (Lipinski definition) is 8. The molecule has 5 fully saturated rings. The molecule has 3 atom stereocenters. The number of benzene rings is 2.